The van der Waals surface area contributed by atoms with E-state index in [0.717, 1.165) is 28.2 Å². The van der Waals surface area contributed by atoms with Crippen molar-refractivity contribution in [3.63, 3.8) is 0 Å². The fourth-order valence-corrected chi connectivity index (χ4v) is 4.51. The molecular weight excluding hydrogens is 470 g/mol. The van der Waals surface area contributed by atoms with Gasteiger partial charge in [-0.25, -0.2) is 8.42 Å². The van der Waals surface area contributed by atoms with Crippen LogP contribution in [0.3, 0.4) is 0 Å². The lowest BCUT2D eigenvalue weighted by Crippen LogP contribution is -2.35. The summed E-state index contributed by atoms with van der Waals surface area (Å²) in [4.78, 5) is 12.2. The smallest absolute Gasteiger partial charge is 0.298 e. The van der Waals surface area contributed by atoms with Gasteiger partial charge in [-0.2, -0.15) is 9.42 Å². The predicted molar refractivity (Wildman–Crippen MR) is 123 cm³/mol. The van der Waals surface area contributed by atoms with Gasteiger partial charge < -0.3 is 25.3 Å². The minimum Gasteiger partial charge on any atom is -0.395 e. The number of hydrogen-bond donors (Lipinski definition) is 4. The number of sulfonamides is 1. The average molecular weight is 498 g/mol. The third-order valence-electron chi connectivity index (χ3n) is 4.71. The fourth-order valence-electron chi connectivity index (χ4n) is 3.07. The molecule has 34 heavy (non-hydrogen) atoms. The summed E-state index contributed by atoms with van der Waals surface area (Å²) in [5.74, 6) is 0. The third kappa shape index (κ3) is 6.99. The summed E-state index contributed by atoms with van der Waals surface area (Å²) in [7, 11) is -4.19. The zero-order valence-electron chi connectivity index (χ0n) is 18.3. The molecule has 2 aromatic carbocycles. The van der Waals surface area contributed by atoms with Gasteiger partial charge in [0.05, 0.1) is 41.9 Å². The second-order valence-electron chi connectivity index (χ2n) is 6.91. The molecule has 186 valence electrons. The van der Waals surface area contributed by atoms with Crippen molar-refractivity contribution in [3.05, 3.63) is 52.6 Å². The van der Waals surface area contributed by atoms with Crippen LogP contribution in [0.4, 0.5) is 22.7 Å². The summed E-state index contributed by atoms with van der Waals surface area (Å²) in [6.45, 7) is -1.03. The Morgan fingerprint density at radius 2 is 1.38 bits per heavy atom. The molecule has 0 aliphatic carbocycles. The summed E-state index contributed by atoms with van der Waals surface area (Å²) in [5, 5.41) is 55.9. The Kier molecular flexibility index (Phi) is 10.4. The standard InChI is InChI=1S/C20H27N5O8S/c26-11-7-23(8-12-27)17-3-1-16(2-4-17)21-22-19-6-5-18(15-20(19)25(30)31)34(32,33)24(9-13-28)10-14-29/h1-6,15,26-29H,7-14H2. The molecule has 0 radical (unpaired) electrons. The van der Waals surface area contributed by atoms with Crippen LogP contribution in [0.2, 0.25) is 0 Å². The summed E-state index contributed by atoms with van der Waals surface area (Å²) in [6, 6.07) is 9.75. The van der Waals surface area contributed by atoms with E-state index >= 15 is 0 Å². The highest BCUT2D eigenvalue weighted by Gasteiger charge is 2.27. The quantitative estimate of drug-likeness (QED) is 0.166. The van der Waals surface area contributed by atoms with Crippen LogP contribution in [0, 0.1) is 10.1 Å². The van der Waals surface area contributed by atoms with Crippen molar-refractivity contribution in [3.8, 4) is 0 Å². The van der Waals surface area contributed by atoms with Gasteiger partial charge in [0, 0.05) is 37.9 Å². The molecule has 0 atom stereocenters. The summed E-state index contributed by atoms with van der Waals surface area (Å²) < 4.78 is 26.3. The van der Waals surface area contributed by atoms with Crippen LogP contribution in [0.5, 0.6) is 0 Å². The monoisotopic (exact) mass is 497 g/mol. The number of rotatable bonds is 14. The van der Waals surface area contributed by atoms with Crippen LogP contribution >= 0.6 is 0 Å². The van der Waals surface area contributed by atoms with E-state index in [9.17, 15) is 18.5 Å². The molecule has 0 saturated carbocycles. The summed E-state index contributed by atoms with van der Waals surface area (Å²) >= 11 is 0. The predicted octanol–water partition coefficient (Wildman–Crippen LogP) is 0.776. The number of hydrogen-bond acceptors (Lipinski definition) is 11. The first kappa shape index (κ1) is 27.2. The van der Waals surface area contributed by atoms with Crippen molar-refractivity contribution in [2.24, 2.45) is 10.2 Å². The van der Waals surface area contributed by atoms with Gasteiger partial charge >= 0.3 is 0 Å². The molecule has 13 nitrogen and oxygen atoms in total. The highest BCUT2D eigenvalue weighted by atomic mass is 32.2. The molecule has 0 fully saturated rings. The Balaban J connectivity index is 2.32. The van der Waals surface area contributed by atoms with Gasteiger partial charge in [0.2, 0.25) is 10.0 Å². The Hall–Kier alpha value is -3.01. The number of benzene rings is 2. The average Bonchev–Trinajstić information content (AvgIpc) is 2.82. The second-order valence-corrected chi connectivity index (χ2v) is 8.85. The zero-order chi connectivity index (χ0) is 25.1. The number of aliphatic hydroxyl groups excluding tert-OH is 4. The lowest BCUT2D eigenvalue weighted by molar-refractivity contribution is -0.384. The van der Waals surface area contributed by atoms with Crippen LogP contribution in [0.1, 0.15) is 0 Å². The van der Waals surface area contributed by atoms with Crippen LogP contribution < -0.4 is 4.90 Å². The molecule has 4 N–H and O–H groups in total. The molecule has 0 aliphatic heterocycles. The van der Waals surface area contributed by atoms with Crippen molar-refractivity contribution in [2.45, 2.75) is 4.90 Å². The maximum atomic E-state index is 12.7. The van der Waals surface area contributed by atoms with Gasteiger partial charge in [-0.05, 0) is 36.4 Å². The Labute approximate surface area is 196 Å². The molecule has 2 rings (SSSR count). The van der Waals surface area contributed by atoms with Crippen molar-refractivity contribution >= 4 is 32.8 Å². The fraction of sp³-hybridized carbons (Fsp3) is 0.400. The largest absolute Gasteiger partial charge is 0.395 e. The van der Waals surface area contributed by atoms with Crippen LogP contribution in [-0.4, -0.2) is 90.7 Å². The molecule has 0 bridgehead atoms. The highest BCUT2D eigenvalue weighted by Crippen LogP contribution is 2.32. The van der Waals surface area contributed by atoms with Gasteiger partial charge in [-0.1, -0.05) is 0 Å². The van der Waals surface area contributed by atoms with Gasteiger partial charge in [0.1, 0.15) is 0 Å². The second kappa shape index (κ2) is 13.0. The molecule has 0 amide bonds. The number of nitro groups is 1. The van der Waals surface area contributed by atoms with E-state index in [-0.39, 0.29) is 36.9 Å². The summed E-state index contributed by atoms with van der Waals surface area (Å²) in [5.41, 5.74) is 0.371. The lowest BCUT2D eigenvalue weighted by Gasteiger charge is -2.22. The van der Waals surface area contributed by atoms with Crippen LogP contribution in [0.25, 0.3) is 0 Å². The van der Waals surface area contributed by atoms with E-state index in [1.54, 1.807) is 29.2 Å². The first-order valence-corrected chi connectivity index (χ1v) is 11.7. The van der Waals surface area contributed by atoms with E-state index in [1.807, 2.05) is 0 Å². The number of azo groups is 1. The van der Waals surface area contributed by atoms with Gasteiger partial charge in [-0.3, -0.25) is 10.1 Å². The third-order valence-corrected chi connectivity index (χ3v) is 6.60. The van der Waals surface area contributed by atoms with E-state index < -0.39 is 33.8 Å². The van der Waals surface area contributed by atoms with E-state index in [0.29, 0.717) is 18.8 Å². The maximum absolute atomic E-state index is 12.7. The highest BCUT2D eigenvalue weighted by molar-refractivity contribution is 7.89. The molecular formula is C20H27N5O8S. The summed E-state index contributed by atoms with van der Waals surface area (Å²) in [6.07, 6.45) is 0. The van der Waals surface area contributed by atoms with Crippen LogP contribution in [0.15, 0.2) is 57.6 Å². The Bertz CT molecular complexity index is 1070. The van der Waals surface area contributed by atoms with Crippen molar-refractivity contribution in [1.82, 2.24) is 4.31 Å². The first-order chi connectivity index (χ1) is 16.3. The normalized spacial score (nSPS) is 11.9. The topological polar surface area (TPSA) is 189 Å². The van der Waals surface area contributed by atoms with Gasteiger partial charge in [0.25, 0.3) is 5.69 Å². The SMILES string of the molecule is O=[N+]([O-])c1cc(S(=O)(=O)N(CCO)CCO)ccc1N=Nc1ccc(N(CCO)CCO)cc1. The molecule has 0 saturated heterocycles. The molecule has 0 aromatic heterocycles. The van der Waals surface area contributed by atoms with Crippen LogP contribution in [-0.2, 0) is 10.0 Å². The zero-order valence-corrected chi connectivity index (χ0v) is 19.1. The lowest BCUT2D eigenvalue weighted by atomic mass is 10.2. The molecule has 14 heteroatoms. The minimum absolute atomic E-state index is 0.0887. The molecule has 0 unspecified atom stereocenters. The molecule has 0 aliphatic rings. The van der Waals surface area contributed by atoms with Crippen molar-refractivity contribution < 1.29 is 33.8 Å². The van der Waals surface area contributed by atoms with E-state index in [2.05, 4.69) is 10.2 Å². The van der Waals surface area contributed by atoms with E-state index in [1.165, 1.54) is 0 Å². The Morgan fingerprint density at radius 1 is 0.824 bits per heavy atom. The number of nitrogens with zero attached hydrogens (tertiary/aromatic N) is 5. The van der Waals surface area contributed by atoms with Crippen molar-refractivity contribution in [2.75, 3.05) is 57.5 Å². The van der Waals surface area contributed by atoms with Gasteiger partial charge in [-0.15, -0.1) is 5.11 Å². The number of nitro benzene ring substituents is 1. The van der Waals surface area contributed by atoms with Crippen molar-refractivity contribution in [1.29, 1.82) is 0 Å². The minimum atomic E-state index is -4.19. The Morgan fingerprint density at radius 3 is 1.88 bits per heavy atom. The number of anilines is 1. The number of aliphatic hydroxyl groups is 4. The molecule has 0 spiro atoms. The molecule has 0 heterocycles. The molecule has 2 aromatic rings. The van der Waals surface area contributed by atoms with E-state index in [4.69, 9.17) is 20.4 Å². The maximum Gasteiger partial charge on any atom is 0.298 e. The first-order valence-electron chi connectivity index (χ1n) is 10.3. The van der Waals surface area contributed by atoms with Gasteiger partial charge in [0.15, 0.2) is 5.69 Å².